The molecule has 6 fully saturated rings. The lowest BCUT2D eigenvalue weighted by molar-refractivity contribution is -0.211. The van der Waals surface area contributed by atoms with Gasteiger partial charge in [-0.25, -0.2) is 0 Å². The summed E-state index contributed by atoms with van der Waals surface area (Å²) >= 11 is 0. The van der Waals surface area contributed by atoms with Crippen LogP contribution in [0.25, 0.3) is 0 Å². The van der Waals surface area contributed by atoms with E-state index in [0.717, 1.165) is 41.4 Å². The first kappa shape index (κ1) is 28.1. The maximum Gasteiger partial charge on any atom is 0.0723 e. The molecule has 0 bridgehead atoms. The van der Waals surface area contributed by atoms with Gasteiger partial charge in [0, 0.05) is 5.41 Å². The normalized spacial score (nSPS) is 61.9. The largest absolute Gasteiger partial charge is 0.376 e. The lowest BCUT2D eigenvalue weighted by atomic mass is 9.36. The van der Waals surface area contributed by atoms with Crippen LogP contribution in [0.3, 0.4) is 0 Å². The third-order valence-corrected chi connectivity index (χ3v) is 16.3. The summed E-state index contributed by atoms with van der Waals surface area (Å²) in [4.78, 5) is 0. The van der Waals surface area contributed by atoms with Gasteiger partial charge >= 0.3 is 0 Å². The average molecular weight is 527 g/mol. The lowest BCUT2D eigenvalue weighted by Gasteiger charge is -2.68. The number of hydrogen-bond acceptors (Lipinski definition) is 2. The van der Waals surface area contributed by atoms with Crippen molar-refractivity contribution in [3.63, 3.8) is 0 Å². The van der Waals surface area contributed by atoms with Crippen molar-refractivity contribution in [3.8, 4) is 0 Å². The fourth-order valence-corrected chi connectivity index (χ4v) is 13.4. The van der Waals surface area contributed by atoms with Gasteiger partial charge in [0.15, 0.2) is 0 Å². The third kappa shape index (κ3) is 3.32. The van der Waals surface area contributed by atoms with Gasteiger partial charge in [-0.1, -0.05) is 62.3 Å². The smallest absolute Gasteiger partial charge is 0.0723 e. The summed E-state index contributed by atoms with van der Waals surface area (Å²) in [5.74, 6) is 6.31. The van der Waals surface area contributed by atoms with Crippen LogP contribution in [0.15, 0.2) is 0 Å². The second kappa shape index (κ2) is 8.72. The maximum atomic E-state index is 7.53. The van der Waals surface area contributed by atoms with E-state index in [1.165, 1.54) is 57.8 Å². The van der Waals surface area contributed by atoms with Crippen LogP contribution in [0, 0.1) is 69.0 Å². The molecule has 0 aromatic heterocycles. The Labute approximate surface area is 236 Å². The summed E-state index contributed by atoms with van der Waals surface area (Å²) in [7, 11) is 0. The number of ether oxygens (including phenoxy) is 2. The molecule has 1 aliphatic heterocycles. The van der Waals surface area contributed by atoms with E-state index in [2.05, 4.69) is 76.2 Å². The summed E-state index contributed by atoms with van der Waals surface area (Å²) in [6, 6.07) is 0. The van der Waals surface area contributed by atoms with E-state index in [1.54, 1.807) is 0 Å². The number of rotatable bonds is 2. The Kier molecular flexibility index (Phi) is 6.44. The molecule has 0 aromatic rings. The second-order valence-electron chi connectivity index (χ2n) is 17.4. The summed E-state index contributed by atoms with van der Waals surface area (Å²) in [5.41, 5.74) is 1.58. The van der Waals surface area contributed by atoms with Crippen molar-refractivity contribution >= 4 is 0 Å². The fourth-order valence-electron chi connectivity index (χ4n) is 13.4. The molecule has 0 aromatic carbocycles. The van der Waals surface area contributed by atoms with E-state index in [9.17, 15) is 0 Å². The number of fused-ring (bicyclic) bond motifs is 7. The Morgan fingerprint density at radius 3 is 2.08 bits per heavy atom. The van der Waals surface area contributed by atoms with Crippen LogP contribution in [-0.4, -0.2) is 23.9 Å². The molecule has 0 radical (unpaired) electrons. The first-order valence-corrected chi connectivity index (χ1v) is 17.0. The van der Waals surface area contributed by atoms with Gasteiger partial charge in [0.1, 0.15) is 0 Å². The van der Waals surface area contributed by atoms with Crippen molar-refractivity contribution in [2.24, 2.45) is 69.0 Å². The fraction of sp³-hybridized carbons (Fsp3) is 1.00. The monoisotopic (exact) mass is 526 g/mol. The molecule has 10 unspecified atom stereocenters. The third-order valence-electron chi connectivity index (χ3n) is 16.3. The van der Waals surface area contributed by atoms with Gasteiger partial charge in [-0.2, -0.15) is 0 Å². The van der Waals surface area contributed by atoms with Crippen LogP contribution < -0.4 is 0 Å². The lowest BCUT2D eigenvalue weighted by Crippen LogP contribution is -2.63. The molecular formula is C36H62O2. The minimum Gasteiger partial charge on any atom is -0.376 e. The zero-order valence-electron chi connectivity index (χ0n) is 27.0. The van der Waals surface area contributed by atoms with Crippen molar-refractivity contribution < 1.29 is 9.47 Å². The van der Waals surface area contributed by atoms with E-state index < -0.39 is 0 Å². The van der Waals surface area contributed by atoms with E-state index in [1.807, 2.05) is 0 Å². The van der Waals surface area contributed by atoms with Crippen molar-refractivity contribution in [1.29, 1.82) is 0 Å². The van der Waals surface area contributed by atoms with Crippen LogP contribution in [-0.2, 0) is 9.47 Å². The SMILES string of the molecule is CC(C)OC1CC[C@@]2(C)C(CCC3C2CC(C)[C@@]2(C)C3(C)CC3OC4(CC(C)C(C)C(C)C4)[C@@H](C)C32C)C1. The van der Waals surface area contributed by atoms with E-state index >= 15 is 0 Å². The van der Waals surface area contributed by atoms with Crippen molar-refractivity contribution in [2.45, 2.75) is 158 Å². The summed E-state index contributed by atoms with van der Waals surface area (Å²) in [5, 5.41) is 0. The molecule has 218 valence electrons. The Morgan fingerprint density at radius 1 is 0.789 bits per heavy atom. The molecular weight excluding hydrogens is 464 g/mol. The van der Waals surface area contributed by atoms with Crippen LogP contribution in [0.4, 0.5) is 0 Å². The van der Waals surface area contributed by atoms with Crippen molar-refractivity contribution in [2.75, 3.05) is 0 Å². The Morgan fingerprint density at radius 2 is 1.45 bits per heavy atom. The molecule has 6 rings (SSSR count). The quantitative estimate of drug-likeness (QED) is 0.356. The van der Waals surface area contributed by atoms with E-state index in [-0.39, 0.29) is 11.0 Å². The Hall–Kier alpha value is -0.0800. The first-order valence-electron chi connectivity index (χ1n) is 17.0. The summed E-state index contributed by atoms with van der Waals surface area (Å²) in [6.07, 6.45) is 13.4. The predicted octanol–water partition coefficient (Wildman–Crippen LogP) is 9.55. The molecule has 5 aliphatic carbocycles. The molecule has 5 saturated carbocycles. The highest BCUT2D eigenvalue weighted by Gasteiger charge is 2.79. The maximum absolute atomic E-state index is 7.53. The molecule has 13 atom stereocenters. The van der Waals surface area contributed by atoms with Gasteiger partial charge in [0.2, 0.25) is 0 Å². The Balaban J connectivity index is 1.32. The van der Waals surface area contributed by atoms with Gasteiger partial charge in [-0.15, -0.1) is 0 Å². The summed E-state index contributed by atoms with van der Waals surface area (Å²) in [6.45, 7) is 28.2. The van der Waals surface area contributed by atoms with Gasteiger partial charge in [-0.3, -0.25) is 0 Å². The number of hydrogen-bond donors (Lipinski definition) is 0. The van der Waals surface area contributed by atoms with Crippen LogP contribution >= 0.6 is 0 Å². The van der Waals surface area contributed by atoms with Crippen LogP contribution in [0.1, 0.15) is 134 Å². The standard InChI is InChI=1S/C36H62O2/c1-21(2)37-28-14-15-32(8)27(17-28)12-13-29-30(32)16-24(5)35(11)33(29,9)20-31-34(35,10)26(7)36(38-31)18-22(3)25(6)23(4)19-36/h21-31H,12-20H2,1-11H3/t22?,23?,24?,25?,26-,27?,28?,29?,30?,31?,32-,33?,34?,35-,36?/m0/s1. The molecule has 1 saturated heterocycles. The zero-order chi connectivity index (χ0) is 27.6. The van der Waals surface area contributed by atoms with Crippen LogP contribution in [0.5, 0.6) is 0 Å². The average Bonchev–Trinajstić information content (AvgIpc) is 3.14. The van der Waals surface area contributed by atoms with Crippen LogP contribution in [0.2, 0.25) is 0 Å². The zero-order valence-corrected chi connectivity index (χ0v) is 27.0. The van der Waals surface area contributed by atoms with Crippen molar-refractivity contribution in [1.82, 2.24) is 0 Å². The highest BCUT2D eigenvalue weighted by Crippen LogP contribution is 2.81. The Bertz CT molecular complexity index is 914. The van der Waals surface area contributed by atoms with E-state index in [4.69, 9.17) is 9.47 Å². The molecule has 38 heavy (non-hydrogen) atoms. The molecule has 2 nitrogen and oxygen atoms in total. The van der Waals surface area contributed by atoms with Gasteiger partial charge in [0.05, 0.1) is 23.9 Å². The first-order chi connectivity index (χ1) is 17.6. The molecule has 1 spiro atoms. The van der Waals surface area contributed by atoms with Crippen molar-refractivity contribution in [3.05, 3.63) is 0 Å². The summed E-state index contributed by atoms with van der Waals surface area (Å²) < 4.78 is 13.9. The second-order valence-corrected chi connectivity index (χ2v) is 17.4. The van der Waals surface area contributed by atoms with Gasteiger partial charge in [0.25, 0.3) is 0 Å². The molecule has 2 heteroatoms. The highest BCUT2D eigenvalue weighted by molar-refractivity contribution is 5.27. The minimum atomic E-state index is 0.101. The molecule has 0 N–H and O–H groups in total. The molecule has 0 amide bonds. The predicted molar refractivity (Wildman–Crippen MR) is 158 cm³/mol. The van der Waals surface area contributed by atoms with Gasteiger partial charge < -0.3 is 9.47 Å². The topological polar surface area (TPSA) is 18.5 Å². The van der Waals surface area contributed by atoms with E-state index in [0.29, 0.717) is 40.5 Å². The van der Waals surface area contributed by atoms with Gasteiger partial charge in [-0.05, 0) is 135 Å². The molecule has 1 heterocycles. The highest BCUT2D eigenvalue weighted by atomic mass is 16.5. The minimum absolute atomic E-state index is 0.101. The molecule has 6 aliphatic rings.